The van der Waals surface area contributed by atoms with Gasteiger partial charge in [-0.3, -0.25) is 0 Å². The summed E-state index contributed by atoms with van der Waals surface area (Å²) in [6.07, 6.45) is 0. The number of para-hydroxylation sites is 2. The molecule has 0 radical (unpaired) electrons. The third-order valence-electron chi connectivity index (χ3n) is 27.3. The molecule has 0 aliphatic rings. The summed E-state index contributed by atoms with van der Waals surface area (Å²) in [5, 5.41) is 33.4. The van der Waals surface area contributed by atoms with E-state index in [9.17, 15) is 10.5 Å². The third-order valence-corrected chi connectivity index (χ3v) is 27.3. The minimum atomic E-state index is 0.617. The lowest BCUT2D eigenvalue weighted by atomic mass is 9.91. The van der Waals surface area contributed by atoms with Crippen LogP contribution in [0.2, 0.25) is 0 Å². The maximum atomic E-state index is 9.67. The first-order valence-corrected chi connectivity index (χ1v) is 47.6. The van der Waals surface area contributed by atoms with Crippen LogP contribution in [0.1, 0.15) is 22.3 Å². The highest BCUT2D eigenvalue weighted by Crippen LogP contribution is 2.54. The average Bonchev–Trinajstić information content (AvgIpc) is 0.720. The molecule has 0 heterocycles. The van der Waals surface area contributed by atoms with E-state index in [-0.39, 0.29) is 0 Å². The molecule has 8 heteroatoms. The number of nitriles is 2. The average molecular weight is 1810 g/mol. The Hall–Kier alpha value is -19.5. The van der Waals surface area contributed by atoms with Gasteiger partial charge in [-0.15, -0.1) is 0 Å². The minimum absolute atomic E-state index is 0.617. The fraction of sp³-hybridized carbons (Fsp3) is 0.0149. The quantitative estimate of drug-likeness (QED) is 0.0559. The van der Waals surface area contributed by atoms with Gasteiger partial charge in [-0.1, -0.05) is 339 Å². The van der Waals surface area contributed by atoms with Gasteiger partial charge in [-0.05, 0) is 316 Å². The van der Waals surface area contributed by atoms with Crippen LogP contribution in [0.3, 0.4) is 0 Å². The van der Waals surface area contributed by atoms with E-state index in [0.717, 1.165) is 179 Å². The molecule has 0 unspecified atom stereocenters. The van der Waals surface area contributed by atoms with Crippen LogP contribution >= 0.6 is 0 Å². The normalized spacial score (nSPS) is 11.1. The third kappa shape index (κ3) is 16.8. The van der Waals surface area contributed by atoms with E-state index >= 15 is 0 Å². The second kappa shape index (κ2) is 37.7. The molecule has 24 rings (SSSR count). The second-order valence-electron chi connectivity index (χ2n) is 36.1. The fourth-order valence-electron chi connectivity index (χ4n) is 20.3. The van der Waals surface area contributed by atoms with Gasteiger partial charge in [0.2, 0.25) is 0 Å². The molecule has 0 aromatic heterocycles. The van der Waals surface area contributed by atoms with Crippen LogP contribution in [-0.4, -0.2) is 0 Å². The summed E-state index contributed by atoms with van der Waals surface area (Å²) in [5.41, 5.74) is 34.8. The summed E-state index contributed by atoms with van der Waals surface area (Å²) < 4.78 is 0. The van der Waals surface area contributed by atoms with Crippen molar-refractivity contribution in [2.24, 2.45) is 0 Å². The van der Waals surface area contributed by atoms with Crippen molar-refractivity contribution in [3.05, 3.63) is 543 Å². The molecular formula is C134H88N8. The van der Waals surface area contributed by atoms with Gasteiger partial charge in [0.1, 0.15) is 0 Å². The molecular weight excluding hydrogens is 1720 g/mol. The number of nitrogens with zero attached hydrogens (tertiary/aromatic N) is 8. The van der Waals surface area contributed by atoms with Crippen molar-refractivity contribution in [1.29, 1.82) is 10.5 Å². The van der Waals surface area contributed by atoms with Crippen LogP contribution in [0, 0.1) is 49.7 Å². The Labute approximate surface area is 826 Å². The Balaban J connectivity index is 0.000000158. The number of rotatable bonds is 20. The summed E-state index contributed by atoms with van der Waals surface area (Å²) in [6.45, 7) is 19.5. The van der Waals surface area contributed by atoms with Gasteiger partial charge >= 0.3 is 0 Å². The lowest BCUT2D eigenvalue weighted by Crippen LogP contribution is -2.12. The molecule has 0 aliphatic carbocycles. The highest BCUT2D eigenvalue weighted by atomic mass is 15.2. The highest BCUT2D eigenvalue weighted by Gasteiger charge is 2.28. The standard InChI is InChI=1S/C68H46N4.C66H42N4/c1-45-14-30-59(31-15-45)71(61-40-54(48-10-6-4-7-11-48)38-56(42-61)50-20-18-47(44-69)19-21-50)65-36-26-52-25-35-64-66(37-27-53-24-34-63(65)67(52)68(53)64)72(60-32-16-46(2)17-33-60)62-41-55(49-12-8-5-9-13-49)39-57(43-62)51-22-28-58(70-3)29-23-51;1-68-56-32-26-49(27-33-56)55-39-53(47-16-8-3-9-17-47)41-60(43-55)70(58-20-12-5-13-21-58)64-37-31-51-28-34-61-63(36-30-50-29-35-62(64)66(51)65(50)61)69(57-18-10-4-11-19-57)59-40-52(46-14-6-2-7-15-46)38-54(42-59)48-24-22-45(44-67)23-25-48/h4-43H,1-2H3;2-43H. The van der Waals surface area contributed by atoms with Gasteiger partial charge in [0.15, 0.2) is 11.4 Å². The highest BCUT2D eigenvalue weighted by molar-refractivity contribution is 6.30. The monoisotopic (exact) mass is 1810 g/mol. The molecule has 0 atom stereocenters. The molecule has 0 aliphatic heterocycles. The molecule has 8 nitrogen and oxygen atoms in total. The van der Waals surface area contributed by atoms with Crippen molar-refractivity contribution in [3.8, 4) is 101 Å². The Bertz CT molecular complexity index is 8500. The molecule has 0 saturated carbocycles. The first-order chi connectivity index (χ1) is 70.0. The second-order valence-corrected chi connectivity index (χ2v) is 36.1. The number of aryl methyl sites for hydroxylation is 2. The first-order valence-electron chi connectivity index (χ1n) is 47.6. The van der Waals surface area contributed by atoms with Crippen molar-refractivity contribution < 1.29 is 0 Å². The number of hydrogen-bond donors (Lipinski definition) is 0. The molecule has 664 valence electrons. The zero-order chi connectivity index (χ0) is 95.7. The number of hydrogen-bond acceptors (Lipinski definition) is 6. The summed E-state index contributed by atoms with van der Waals surface area (Å²) in [4.78, 5) is 17.0. The van der Waals surface area contributed by atoms with Crippen LogP contribution in [0.25, 0.3) is 163 Å². The lowest BCUT2D eigenvalue weighted by molar-refractivity contribution is 1.29. The molecule has 0 bridgehead atoms. The van der Waals surface area contributed by atoms with Gasteiger partial charge in [0.25, 0.3) is 0 Å². The zero-order valence-corrected chi connectivity index (χ0v) is 77.9. The van der Waals surface area contributed by atoms with Gasteiger partial charge < -0.3 is 19.6 Å². The summed E-state index contributed by atoms with van der Waals surface area (Å²) in [7, 11) is 0. The van der Waals surface area contributed by atoms with Crippen LogP contribution in [0.4, 0.5) is 79.6 Å². The predicted molar refractivity (Wildman–Crippen MR) is 594 cm³/mol. The van der Waals surface area contributed by atoms with E-state index < -0.39 is 0 Å². The van der Waals surface area contributed by atoms with E-state index in [1.54, 1.807) is 0 Å². The van der Waals surface area contributed by atoms with E-state index in [2.05, 4.69) is 468 Å². The maximum Gasteiger partial charge on any atom is 0.187 e. The van der Waals surface area contributed by atoms with Crippen molar-refractivity contribution in [2.45, 2.75) is 13.8 Å². The zero-order valence-electron chi connectivity index (χ0n) is 77.9. The van der Waals surface area contributed by atoms with E-state index in [1.165, 1.54) is 54.2 Å². The summed E-state index contributed by atoms with van der Waals surface area (Å²) in [5.74, 6) is 0. The molecule has 142 heavy (non-hydrogen) atoms. The van der Waals surface area contributed by atoms with Gasteiger partial charge in [0, 0.05) is 67.0 Å². The van der Waals surface area contributed by atoms with E-state index in [1.807, 2.05) is 84.9 Å². The molecule has 0 saturated heterocycles. The van der Waals surface area contributed by atoms with Crippen LogP contribution < -0.4 is 19.6 Å². The van der Waals surface area contributed by atoms with E-state index in [0.29, 0.717) is 22.5 Å². The Kier molecular flexibility index (Phi) is 23.0. The molecule has 0 amide bonds. The predicted octanol–water partition coefficient (Wildman–Crippen LogP) is 37.8. The Morgan fingerprint density at radius 1 is 0.183 bits per heavy atom. The first kappa shape index (κ1) is 86.6. The van der Waals surface area contributed by atoms with Gasteiger partial charge in [-0.2, -0.15) is 10.5 Å². The smallest absolute Gasteiger partial charge is 0.187 e. The van der Waals surface area contributed by atoms with Crippen LogP contribution in [0.15, 0.2) is 497 Å². The van der Waals surface area contributed by atoms with E-state index in [4.69, 9.17) is 13.1 Å². The Morgan fingerprint density at radius 2 is 0.380 bits per heavy atom. The number of anilines is 12. The van der Waals surface area contributed by atoms with Crippen LogP contribution in [-0.2, 0) is 0 Å². The maximum absolute atomic E-state index is 9.67. The van der Waals surface area contributed by atoms with Crippen molar-refractivity contribution in [3.63, 3.8) is 0 Å². The molecule has 24 aromatic rings. The summed E-state index contributed by atoms with van der Waals surface area (Å²) >= 11 is 0. The van der Waals surface area contributed by atoms with Crippen molar-refractivity contribution in [2.75, 3.05) is 19.6 Å². The van der Waals surface area contributed by atoms with Crippen LogP contribution in [0.5, 0.6) is 0 Å². The SMILES string of the molecule is [C-]#[N+]c1ccc(-c2cc(-c3ccccc3)cc(N(c3ccc(C)cc3)c3ccc4ccc5c(N(c6ccc(C)cc6)c6cc(-c7ccccc7)cc(-c7ccc(C#N)cc7)c6)ccc6ccc3c4c65)c2)cc1.[C-]#[N+]c1ccc(-c2cc(-c3ccccc3)cc(N(c3ccccc3)c3ccc4ccc5c(N(c6ccccc6)c6cc(-c7ccccc7)cc(-c7ccc(C#N)cc7)c6)ccc6ccc3c4c65)c2)cc1. The summed E-state index contributed by atoms with van der Waals surface area (Å²) in [6, 6.07) is 181. The Morgan fingerprint density at radius 3 is 0.599 bits per heavy atom. The molecule has 0 spiro atoms. The minimum Gasteiger partial charge on any atom is -0.310 e. The fourth-order valence-corrected chi connectivity index (χ4v) is 20.3. The largest absolute Gasteiger partial charge is 0.310 e. The van der Waals surface area contributed by atoms with Crippen molar-refractivity contribution >= 4 is 144 Å². The molecule has 24 aromatic carbocycles. The van der Waals surface area contributed by atoms with Gasteiger partial charge in [0.05, 0.1) is 59.2 Å². The van der Waals surface area contributed by atoms with Gasteiger partial charge in [-0.25, -0.2) is 9.69 Å². The molecule has 0 N–H and O–H groups in total. The molecule has 0 fully saturated rings. The topological polar surface area (TPSA) is 69.3 Å². The number of benzene rings is 24. The van der Waals surface area contributed by atoms with Crippen molar-refractivity contribution in [1.82, 2.24) is 0 Å². The lowest BCUT2D eigenvalue weighted by Gasteiger charge is -2.30.